The summed E-state index contributed by atoms with van der Waals surface area (Å²) in [5.41, 5.74) is -0.871. The average Bonchev–Trinajstić information content (AvgIpc) is 2.02. The number of rotatable bonds is 5. The van der Waals surface area contributed by atoms with E-state index in [0.29, 0.717) is 25.2 Å². The summed E-state index contributed by atoms with van der Waals surface area (Å²) in [5, 5.41) is 19.6. The average molecular weight is 174 g/mol. The lowest BCUT2D eigenvalue weighted by atomic mass is 9.86. The highest BCUT2D eigenvalue weighted by atomic mass is 16.3. The number of aliphatic hydroxyl groups excluding tert-OH is 1. The SMILES string of the molecule is CCC(O)(CC)C(O)CC(C)C. The van der Waals surface area contributed by atoms with Crippen LogP contribution in [0, 0.1) is 5.92 Å². The molecule has 0 aliphatic rings. The molecular weight excluding hydrogens is 152 g/mol. The largest absolute Gasteiger partial charge is 0.390 e. The van der Waals surface area contributed by atoms with Crippen molar-refractivity contribution in [1.82, 2.24) is 0 Å². The zero-order valence-electron chi connectivity index (χ0n) is 8.67. The molecule has 0 saturated carbocycles. The van der Waals surface area contributed by atoms with Crippen molar-refractivity contribution in [2.75, 3.05) is 0 Å². The molecular formula is C10H22O2. The molecule has 2 nitrogen and oxygen atoms in total. The van der Waals surface area contributed by atoms with E-state index in [1.165, 1.54) is 0 Å². The van der Waals surface area contributed by atoms with E-state index in [-0.39, 0.29) is 0 Å². The Balaban J connectivity index is 4.11. The minimum Gasteiger partial charge on any atom is -0.390 e. The van der Waals surface area contributed by atoms with Gasteiger partial charge in [-0.2, -0.15) is 0 Å². The van der Waals surface area contributed by atoms with Gasteiger partial charge in [0.05, 0.1) is 11.7 Å². The van der Waals surface area contributed by atoms with Gasteiger partial charge in [-0.05, 0) is 25.2 Å². The van der Waals surface area contributed by atoms with Gasteiger partial charge in [0, 0.05) is 0 Å². The van der Waals surface area contributed by atoms with Crippen molar-refractivity contribution in [2.24, 2.45) is 5.92 Å². The fraction of sp³-hybridized carbons (Fsp3) is 1.00. The number of aliphatic hydroxyl groups is 2. The molecule has 2 heteroatoms. The molecule has 1 unspecified atom stereocenters. The molecule has 0 rings (SSSR count). The van der Waals surface area contributed by atoms with Gasteiger partial charge in [0.25, 0.3) is 0 Å². The Morgan fingerprint density at radius 2 is 1.58 bits per heavy atom. The lowest BCUT2D eigenvalue weighted by Gasteiger charge is -2.31. The first-order valence-electron chi connectivity index (χ1n) is 4.86. The highest BCUT2D eigenvalue weighted by Crippen LogP contribution is 2.24. The van der Waals surface area contributed by atoms with E-state index in [1.54, 1.807) is 0 Å². The Bertz CT molecular complexity index is 117. The lowest BCUT2D eigenvalue weighted by molar-refractivity contribution is -0.0870. The van der Waals surface area contributed by atoms with Crippen molar-refractivity contribution in [3.05, 3.63) is 0 Å². The Labute approximate surface area is 75.6 Å². The molecule has 0 bridgehead atoms. The summed E-state index contributed by atoms with van der Waals surface area (Å²) in [5.74, 6) is 0.435. The van der Waals surface area contributed by atoms with Gasteiger partial charge < -0.3 is 10.2 Å². The molecule has 0 fully saturated rings. The Kier molecular flexibility index (Phi) is 4.80. The van der Waals surface area contributed by atoms with Crippen LogP contribution in [0.15, 0.2) is 0 Å². The standard InChI is InChI=1S/C10H22O2/c1-5-10(12,6-2)9(11)7-8(3)4/h8-9,11-12H,5-7H2,1-4H3. The number of hydrogen-bond donors (Lipinski definition) is 2. The summed E-state index contributed by atoms with van der Waals surface area (Å²) in [7, 11) is 0. The predicted octanol–water partition coefficient (Wildman–Crippen LogP) is 1.94. The minimum atomic E-state index is -0.871. The van der Waals surface area contributed by atoms with Crippen LogP contribution in [-0.4, -0.2) is 21.9 Å². The highest BCUT2D eigenvalue weighted by Gasteiger charge is 2.31. The summed E-state index contributed by atoms with van der Waals surface area (Å²) in [6, 6.07) is 0. The van der Waals surface area contributed by atoms with Gasteiger partial charge in [-0.1, -0.05) is 27.7 Å². The van der Waals surface area contributed by atoms with Gasteiger partial charge >= 0.3 is 0 Å². The van der Waals surface area contributed by atoms with Gasteiger partial charge in [0.2, 0.25) is 0 Å². The molecule has 1 atom stereocenters. The molecule has 0 aromatic heterocycles. The van der Waals surface area contributed by atoms with E-state index in [1.807, 2.05) is 13.8 Å². The minimum absolute atomic E-state index is 0.435. The maximum atomic E-state index is 9.90. The third kappa shape index (κ3) is 3.11. The second-order valence-electron chi connectivity index (χ2n) is 3.96. The van der Waals surface area contributed by atoms with Crippen LogP contribution < -0.4 is 0 Å². The Morgan fingerprint density at radius 1 is 1.17 bits per heavy atom. The highest BCUT2D eigenvalue weighted by molar-refractivity contribution is 4.84. The Morgan fingerprint density at radius 3 is 1.83 bits per heavy atom. The fourth-order valence-electron chi connectivity index (χ4n) is 1.39. The quantitative estimate of drug-likeness (QED) is 0.668. The molecule has 12 heavy (non-hydrogen) atoms. The predicted molar refractivity (Wildman–Crippen MR) is 51.0 cm³/mol. The fourth-order valence-corrected chi connectivity index (χ4v) is 1.39. The van der Waals surface area contributed by atoms with E-state index in [9.17, 15) is 10.2 Å². The van der Waals surface area contributed by atoms with E-state index < -0.39 is 11.7 Å². The van der Waals surface area contributed by atoms with Gasteiger partial charge in [-0.15, -0.1) is 0 Å². The molecule has 74 valence electrons. The van der Waals surface area contributed by atoms with Crippen LogP contribution >= 0.6 is 0 Å². The summed E-state index contributed by atoms with van der Waals surface area (Å²) >= 11 is 0. The van der Waals surface area contributed by atoms with Crippen molar-refractivity contribution in [2.45, 2.75) is 58.7 Å². The van der Waals surface area contributed by atoms with Gasteiger partial charge in [-0.3, -0.25) is 0 Å². The molecule has 2 N–H and O–H groups in total. The van der Waals surface area contributed by atoms with E-state index >= 15 is 0 Å². The summed E-state index contributed by atoms with van der Waals surface area (Å²) in [6.45, 7) is 7.92. The van der Waals surface area contributed by atoms with Crippen molar-refractivity contribution in [3.8, 4) is 0 Å². The molecule has 0 spiro atoms. The summed E-state index contributed by atoms with van der Waals surface area (Å²) in [6.07, 6.45) is 1.35. The van der Waals surface area contributed by atoms with Crippen LogP contribution in [0.5, 0.6) is 0 Å². The molecule has 0 amide bonds. The summed E-state index contributed by atoms with van der Waals surface area (Å²) < 4.78 is 0. The Hall–Kier alpha value is -0.0800. The molecule has 0 aliphatic heterocycles. The molecule has 0 heterocycles. The van der Waals surface area contributed by atoms with Crippen LogP contribution in [0.4, 0.5) is 0 Å². The molecule has 0 aliphatic carbocycles. The van der Waals surface area contributed by atoms with Gasteiger partial charge in [-0.25, -0.2) is 0 Å². The van der Waals surface area contributed by atoms with Crippen LogP contribution in [0.2, 0.25) is 0 Å². The van der Waals surface area contributed by atoms with Crippen LogP contribution in [0.3, 0.4) is 0 Å². The van der Waals surface area contributed by atoms with Crippen LogP contribution in [-0.2, 0) is 0 Å². The second-order valence-corrected chi connectivity index (χ2v) is 3.96. The smallest absolute Gasteiger partial charge is 0.0900 e. The van der Waals surface area contributed by atoms with Crippen molar-refractivity contribution >= 4 is 0 Å². The zero-order chi connectivity index (χ0) is 9.78. The first-order valence-corrected chi connectivity index (χ1v) is 4.86. The van der Waals surface area contributed by atoms with E-state index in [0.717, 1.165) is 0 Å². The first kappa shape index (κ1) is 11.9. The van der Waals surface area contributed by atoms with Crippen LogP contribution in [0.1, 0.15) is 47.0 Å². The summed E-state index contributed by atoms with van der Waals surface area (Å²) in [4.78, 5) is 0. The lowest BCUT2D eigenvalue weighted by Crippen LogP contribution is -2.41. The monoisotopic (exact) mass is 174 g/mol. The first-order chi connectivity index (χ1) is 5.46. The zero-order valence-corrected chi connectivity index (χ0v) is 8.67. The van der Waals surface area contributed by atoms with Crippen molar-refractivity contribution in [1.29, 1.82) is 0 Å². The topological polar surface area (TPSA) is 40.5 Å². The third-order valence-corrected chi connectivity index (χ3v) is 2.54. The van der Waals surface area contributed by atoms with Crippen molar-refractivity contribution < 1.29 is 10.2 Å². The van der Waals surface area contributed by atoms with Gasteiger partial charge in [0.15, 0.2) is 0 Å². The maximum absolute atomic E-state index is 9.90. The normalized spacial score (nSPS) is 15.2. The molecule has 0 aromatic rings. The van der Waals surface area contributed by atoms with E-state index in [4.69, 9.17) is 0 Å². The number of hydrogen-bond acceptors (Lipinski definition) is 2. The second kappa shape index (κ2) is 4.83. The third-order valence-electron chi connectivity index (χ3n) is 2.54. The van der Waals surface area contributed by atoms with Crippen molar-refractivity contribution in [3.63, 3.8) is 0 Å². The van der Waals surface area contributed by atoms with E-state index in [2.05, 4.69) is 13.8 Å². The van der Waals surface area contributed by atoms with Crippen LogP contribution in [0.25, 0.3) is 0 Å². The maximum Gasteiger partial charge on any atom is 0.0900 e. The molecule has 0 aromatic carbocycles. The molecule has 0 radical (unpaired) electrons. The van der Waals surface area contributed by atoms with Gasteiger partial charge in [0.1, 0.15) is 0 Å². The molecule has 0 saturated heterocycles.